The SMILES string of the molecule is COc1ccc(CN2CCN(CC(=O)NC(=O)NC(C)(C)C)CC2)cc1OC. The standard InChI is InChI=1S/C20H32N4O4/c1-20(2,3)22-19(26)21-18(25)14-24-10-8-23(9-11-24)13-15-6-7-16(27-4)17(12-15)28-5/h6-7,12H,8-11,13-14H2,1-5H3,(H2,21,22,25,26). The van der Waals surface area contributed by atoms with Gasteiger partial charge in [0.1, 0.15) is 0 Å². The molecule has 1 aromatic rings. The number of carbonyl (C=O) groups excluding carboxylic acids is 2. The van der Waals surface area contributed by atoms with E-state index in [9.17, 15) is 9.59 Å². The van der Waals surface area contributed by atoms with Crippen molar-refractivity contribution in [3.63, 3.8) is 0 Å². The number of carbonyl (C=O) groups is 2. The number of imide groups is 1. The number of methoxy groups -OCH3 is 2. The molecule has 156 valence electrons. The minimum atomic E-state index is -0.454. The molecule has 8 heteroatoms. The molecule has 0 atom stereocenters. The van der Waals surface area contributed by atoms with E-state index < -0.39 is 6.03 Å². The Bertz CT molecular complexity index is 679. The lowest BCUT2D eigenvalue weighted by Gasteiger charge is -2.34. The summed E-state index contributed by atoms with van der Waals surface area (Å²) in [7, 11) is 3.26. The first-order valence-corrected chi connectivity index (χ1v) is 9.48. The highest BCUT2D eigenvalue weighted by molar-refractivity contribution is 5.95. The lowest BCUT2D eigenvalue weighted by Crippen LogP contribution is -2.52. The number of nitrogens with zero attached hydrogens (tertiary/aromatic N) is 2. The van der Waals surface area contributed by atoms with Gasteiger partial charge in [0.2, 0.25) is 5.91 Å². The van der Waals surface area contributed by atoms with Crippen molar-refractivity contribution in [2.24, 2.45) is 0 Å². The molecule has 0 bridgehead atoms. The number of ether oxygens (including phenoxy) is 2. The summed E-state index contributed by atoms with van der Waals surface area (Å²) >= 11 is 0. The van der Waals surface area contributed by atoms with Crippen LogP contribution in [0.25, 0.3) is 0 Å². The number of hydrogen-bond donors (Lipinski definition) is 2. The third-order valence-corrected chi connectivity index (χ3v) is 4.43. The van der Waals surface area contributed by atoms with Gasteiger partial charge in [0.25, 0.3) is 0 Å². The minimum Gasteiger partial charge on any atom is -0.493 e. The van der Waals surface area contributed by atoms with Gasteiger partial charge in [-0.3, -0.25) is 19.9 Å². The van der Waals surface area contributed by atoms with E-state index in [4.69, 9.17) is 9.47 Å². The molecule has 8 nitrogen and oxygen atoms in total. The number of rotatable bonds is 6. The summed E-state index contributed by atoms with van der Waals surface area (Å²) in [6, 6.07) is 5.49. The maximum Gasteiger partial charge on any atom is 0.321 e. The van der Waals surface area contributed by atoms with E-state index in [-0.39, 0.29) is 18.0 Å². The van der Waals surface area contributed by atoms with Crippen molar-refractivity contribution in [1.82, 2.24) is 20.4 Å². The Morgan fingerprint density at radius 2 is 1.61 bits per heavy atom. The van der Waals surface area contributed by atoms with Gasteiger partial charge >= 0.3 is 6.03 Å². The molecule has 28 heavy (non-hydrogen) atoms. The fourth-order valence-corrected chi connectivity index (χ4v) is 3.08. The molecule has 1 aliphatic rings. The molecule has 0 aromatic heterocycles. The highest BCUT2D eigenvalue weighted by atomic mass is 16.5. The molecule has 1 fully saturated rings. The Kier molecular flexibility index (Phi) is 7.65. The topological polar surface area (TPSA) is 83.1 Å². The first-order valence-electron chi connectivity index (χ1n) is 9.48. The Labute approximate surface area is 167 Å². The first-order chi connectivity index (χ1) is 13.2. The van der Waals surface area contributed by atoms with Crippen molar-refractivity contribution >= 4 is 11.9 Å². The van der Waals surface area contributed by atoms with Crippen LogP contribution in [0.15, 0.2) is 18.2 Å². The minimum absolute atomic E-state index is 0.224. The molecule has 0 unspecified atom stereocenters. The molecule has 0 radical (unpaired) electrons. The second-order valence-electron chi connectivity index (χ2n) is 7.99. The third kappa shape index (κ3) is 7.01. The number of nitrogens with one attached hydrogen (secondary N) is 2. The quantitative estimate of drug-likeness (QED) is 0.762. The molecular weight excluding hydrogens is 360 g/mol. The van der Waals surface area contributed by atoms with Gasteiger partial charge in [-0.25, -0.2) is 4.79 Å². The number of urea groups is 1. The Hall–Kier alpha value is -2.32. The molecule has 2 rings (SSSR count). The second kappa shape index (κ2) is 9.75. The zero-order valence-electron chi connectivity index (χ0n) is 17.5. The van der Waals surface area contributed by atoms with Crippen LogP contribution in [-0.2, 0) is 11.3 Å². The maximum absolute atomic E-state index is 12.1. The highest BCUT2D eigenvalue weighted by Crippen LogP contribution is 2.28. The Morgan fingerprint density at radius 3 is 2.18 bits per heavy atom. The summed E-state index contributed by atoms with van der Waals surface area (Å²) < 4.78 is 10.6. The summed E-state index contributed by atoms with van der Waals surface area (Å²) in [5.74, 6) is 1.16. The molecule has 1 heterocycles. The van der Waals surface area contributed by atoms with Gasteiger partial charge in [-0.1, -0.05) is 6.07 Å². The van der Waals surface area contributed by atoms with E-state index in [2.05, 4.69) is 20.4 Å². The van der Waals surface area contributed by atoms with Crippen LogP contribution in [0.2, 0.25) is 0 Å². The summed E-state index contributed by atoms with van der Waals surface area (Å²) in [4.78, 5) is 28.2. The largest absolute Gasteiger partial charge is 0.493 e. The van der Waals surface area contributed by atoms with Crippen molar-refractivity contribution < 1.29 is 19.1 Å². The monoisotopic (exact) mass is 392 g/mol. The fraction of sp³-hybridized carbons (Fsp3) is 0.600. The highest BCUT2D eigenvalue weighted by Gasteiger charge is 2.21. The molecule has 3 amide bonds. The van der Waals surface area contributed by atoms with Crippen LogP contribution in [0.4, 0.5) is 4.79 Å². The van der Waals surface area contributed by atoms with Crippen LogP contribution >= 0.6 is 0 Å². The van der Waals surface area contributed by atoms with Gasteiger partial charge in [-0.05, 0) is 38.5 Å². The molecule has 1 aliphatic heterocycles. The first kappa shape index (κ1) is 22.0. The van der Waals surface area contributed by atoms with Crippen molar-refractivity contribution in [1.29, 1.82) is 0 Å². The predicted octanol–water partition coefficient (Wildman–Crippen LogP) is 1.45. The van der Waals surface area contributed by atoms with Crippen LogP contribution in [0.3, 0.4) is 0 Å². The lowest BCUT2D eigenvalue weighted by atomic mass is 10.1. The van der Waals surface area contributed by atoms with E-state index in [1.165, 1.54) is 0 Å². The average Bonchev–Trinajstić information content (AvgIpc) is 2.61. The molecule has 0 aliphatic carbocycles. The average molecular weight is 393 g/mol. The van der Waals surface area contributed by atoms with Crippen LogP contribution < -0.4 is 20.1 Å². The van der Waals surface area contributed by atoms with Crippen molar-refractivity contribution in [3.05, 3.63) is 23.8 Å². The van der Waals surface area contributed by atoms with Crippen LogP contribution in [-0.4, -0.2) is 74.2 Å². The van der Waals surface area contributed by atoms with E-state index in [1.54, 1.807) is 14.2 Å². The van der Waals surface area contributed by atoms with E-state index >= 15 is 0 Å². The zero-order chi connectivity index (χ0) is 20.7. The van der Waals surface area contributed by atoms with E-state index in [1.807, 2.05) is 39.0 Å². The Morgan fingerprint density at radius 1 is 1.00 bits per heavy atom. The third-order valence-electron chi connectivity index (χ3n) is 4.43. The molecule has 2 N–H and O–H groups in total. The van der Waals surface area contributed by atoms with Gasteiger partial charge in [0.15, 0.2) is 11.5 Å². The maximum atomic E-state index is 12.1. The van der Waals surface area contributed by atoms with E-state index in [0.29, 0.717) is 0 Å². The van der Waals surface area contributed by atoms with Gasteiger partial charge in [-0.2, -0.15) is 0 Å². The predicted molar refractivity (Wildman–Crippen MR) is 108 cm³/mol. The molecule has 0 spiro atoms. The molecule has 1 saturated heterocycles. The number of benzene rings is 1. The summed E-state index contributed by atoms with van der Waals surface area (Å²) in [5.41, 5.74) is 0.780. The molecular formula is C20H32N4O4. The van der Waals surface area contributed by atoms with Gasteiger partial charge < -0.3 is 14.8 Å². The summed E-state index contributed by atoms with van der Waals surface area (Å²) in [6.45, 7) is 9.92. The van der Waals surface area contributed by atoms with Gasteiger partial charge in [-0.15, -0.1) is 0 Å². The fourth-order valence-electron chi connectivity index (χ4n) is 3.08. The van der Waals surface area contributed by atoms with Crippen LogP contribution in [0.1, 0.15) is 26.3 Å². The van der Waals surface area contributed by atoms with Crippen molar-refractivity contribution in [2.45, 2.75) is 32.9 Å². The zero-order valence-corrected chi connectivity index (χ0v) is 17.5. The number of amides is 3. The molecule has 0 saturated carbocycles. The summed E-state index contributed by atoms with van der Waals surface area (Å²) in [6.07, 6.45) is 0. The van der Waals surface area contributed by atoms with Gasteiger partial charge in [0, 0.05) is 38.3 Å². The lowest BCUT2D eigenvalue weighted by molar-refractivity contribution is -0.121. The van der Waals surface area contributed by atoms with Crippen LogP contribution in [0.5, 0.6) is 11.5 Å². The second-order valence-corrected chi connectivity index (χ2v) is 7.99. The smallest absolute Gasteiger partial charge is 0.321 e. The number of hydrogen-bond acceptors (Lipinski definition) is 6. The Balaban J connectivity index is 1.77. The van der Waals surface area contributed by atoms with E-state index in [0.717, 1.165) is 49.8 Å². The van der Waals surface area contributed by atoms with Crippen molar-refractivity contribution in [2.75, 3.05) is 46.9 Å². The van der Waals surface area contributed by atoms with Gasteiger partial charge in [0.05, 0.1) is 20.8 Å². The molecule has 1 aromatic carbocycles. The normalized spacial score (nSPS) is 15.8. The van der Waals surface area contributed by atoms with Crippen molar-refractivity contribution in [3.8, 4) is 11.5 Å². The summed E-state index contributed by atoms with van der Waals surface area (Å²) in [5, 5.41) is 5.11. The van der Waals surface area contributed by atoms with Crippen LogP contribution in [0, 0.1) is 0 Å². The number of piperazine rings is 1.